The van der Waals surface area contributed by atoms with Crippen molar-refractivity contribution in [2.24, 2.45) is 0 Å². The first-order chi connectivity index (χ1) is 17.5. The molecule has 0 spiro atoms. The van der Waals surface area contributed by atoms with Gasteiger partial charge in [-0.1, -0.05) is 36.4 Å². The summed E-state index contributed by atoms with van der Waals surface area (Å²) in [4.78, 5) is 27.1. The summed E-state index contributed by atoms with van der Waals surface area (Å²) >= 11 is 1.73. The number of fused-ring (bicyclic) bond motifs is 3. The Kier molecular flexibility index (Phi) is 6.26. The van der Waals surface area contributed by atoms with Crippen molar-refractivity contribution >= 4 is 17.7 Å². The summed E-state index contributed by atoms with van der Waals surface area (Å²) in [6.45, 7) is 4.82. The van der Waals surface area contributed by atoms with Crippen LogP contribution in [0.3, 0.4) is 0 Å². The molecular formula is C27H26F3N3O3S. The Balaban J connectivity index is 1.68. The number of rotatable bonds is 3. The van der Waals surface area contributed by atoms with E-state index in [1.54, 1.807) is 16.8 Å². The van der Waals surface area contributed by atoms with Crippen molar-refractivity contribution in [2.75, 3.05) is 18.2 Å². The van der Waals surface area contributed by atoms with Crippen LogP contribution in [0.15, 0.2) is 58.4 Å². The molecule has 1 unspecified atom stereocenters. The minimum Gasteiger partial charge on any atom is -0.502 e. The number of nitrogens with zero attached hydrogens (tertiary/aromatic N) is 3. The number of pyridine rings is 1. The van der Waals surface area contributed by atoms with Gasteiger partial charge in [-0.25, -0.2) is 0 Å². The lowest BCUT2D eigenvalue weighted by Gasteiger charge is -2.43. The van der Waals surface area contributed by atoms with E-state index in [0.717, 1.165) is 51.5 Å². The Morgan fingerprint density at radius 2 is 1.78 bits per heavy atom. The predicted octanol–water partition coefficient (Wildman–Crippen LogP) is 4.91. The molecule has 2 aliphatic heterocycles. The van der Waals surface area contributed by atoms with E-state index < -0.39 is 35.0 Å². The Bertz CT molecular complexity index is 1450. The van der Waals surface area contributed by atoms with Gasteiger partial charge >= 0.3 is 6.18 Å². The molecule has 194 valence electrons. The molecule has 0 bridgehead atoms. The normalized spacial score (nSPS) is 18.1. The first-order valence-electron chi connectivity index (χ1n) is 11.9. The van der Waals surface area contributed by atoms with E-state index in [1.165, 1.54) is 10.9 Å². The highest BCUT2D eigenvalue weighted by molar-refractivity contribution is 7.98. The SMILES string of the molecule is Cc1cccc2c1SCc1cccc(C)c1[C@@H]2CN1CN(C(C)C(F)(F)F)C(=O)c2c(O)c(=O)ccn21. The molecule has 3 aromatic rings. The largest absolute Gasteiger partial charge is 0.502 e. The molecule has 2 aliphatic rings. The van der Waals surface area contributed by atoms with Crippen LogP contribution in [0.1, 0.15) is 51.1 Å². The van der Waals surface area contributed by atoms with E-state index in [2.05, 4.69) is 6.07 Å². The van der Waals surface area contributed by atoms with E-state index in [1.807, 2.05) is 44.2 Å². The average Bonchev–Trinajstić information content (AvgIpc) is 3.00. The van der Waals surface area contributed by atoms with Crippen LogP contribution in [0.25, 0.3) is 0 Å². The molecule has 37 heavy (non-hydrogen) atoms. The van der Waals surface area contributed by atoms with Crippen molar-refractivity contribution in [1.82, 2.24) is 9.58 Å². The summed E-state index contributed by atoms with van der Waals surface area (Å²) in [5.74, 6) is -1.38. The second kappa shape index (κ2) is 9.16. The Morgan fingerprint density at radius 1 is 1.08 bits per heavy atom. The van der Waals surface area contributed by atoms with Crippen LogP contribution in [0.5, 0.6) is 5.75 Å². The average molecular weight is 530 g/mol. The first-order valence-corrected chi connectivity index (χ1v) is 12.9. The third-order valence-electron chi connectivity index (χ3n) is 7.22. The number of alkyl halides is 3. The monoisotopic (exact) mass is 529 g/mol. The molecule has 1 aromatic heterocycles. The highest BCUT2D eigenvalue weighted by Gasteiger charge is 2.46. The van der Waals surface area contributed by atoms with E-state index in [4.69, 9.17) is 0 Å². The molecule has 2 aromatic carbocycles. The number of aryl methyl sites for hydroxylation is 2. The van der Waals surface area contributed by atoms with Gasteiger partial charge in [0.15, 0.2) is 11.4 Å². The Morgan fingerprint density at radius 3 is 2.51 bits per heavy atom. The maximum absolute atomic E-state index is 13.7. The molecule has 0 aliphatic carbocycles. The molecule has 0 saturated carbocycles. The minimum atomic E-state index is -4.68. The standard InChI is InChI=1S/C27H26F3N3O3S/c1-15-6-4-8-18-13-37-25-16(2)7-5-9-19(25)20(22(15)18)12-31-14-32(17(3)27(28,29)30)26(36)23-24(35)21(34)10-11-33(23)31/h4-11,17,20,35H,12-14H2,1-3H3/t17?,20-/m1/s1. The fourth-order valence-corrected chi connectivity index (χ4v) is 6.46. The molecule has 10 heteroatoms. The number of aromatic hydroxyl groups is 1. The number of carbonyl (C=O) groups is 1. The van der Waals surface area contributed by atoms with Crippen molar-refractivity contribution in [3.63, 3.8) is 0 Å². The molecular weight excluding hydrogens is 503 g/mol. The molecule has 3 heterocycles. The summed E-state index contributed by atoms with van der Waals surface area (Å²) in [5.41, 5.74) is 4.18. The fourth-order valence-electron chi connectivity index (χ4n) is 5.24. The van der Waals surface area contributed by atoms with Crippen molar-refractivity contribution in [3.05, 3.63) is 92.4 Å². The number of amides is 1. The molecule has 0 fully saturated rings. The lowest BCUT2D eigenvalue weighted by Crippen LogP contribution is -2.60. The Labute approximate surface area is 216 Å². The maximum Gasteiger partial charge on any atom is 0.408 e. The third-order valence-corrected chi connectivity index (χ3v) is 8.53. The Hall–Kier alpha value is -3.40. The number of aromatic nitrogens is 1. The van der Waals surface area contributed by atoms with Gasteiger partial charge in [0.25, 0.3) is 5.91 Å². The number of benzene rings is 2. The van der Waals surface area contributed by atoms with Crippen LogP contribution >= 0.6 is 11.8 Å². The van der Waals surface area contributed by atoms with E-state index >= 15 is 0 Å². The molecule has 0 radical (unpaired) electrons. The van der Waals surface area contributed by atoms with Gasteiger partial charge in [-0.3, -0.25) is 19.3 Å². The minimum absolute atomic E-state index is 0.221. The molecule has 1 amide bonds. The lowest BCUT2D eigenvalue weighted by molar-refractivity contribution is -0.173. The zero-order valence-corrected chi connectivity index (χ0v) is 21.4. The van der Waals surface area contributed by atoms with Crippen LogP contribution in [0.2, 0.25) is 0 Å². The summed E-state index contributed by atoms with van der Waals surface area (Å²) in [6, 6.07) is 11.1. The van der Waals surface area contributed by atoms with Crippen LogP contribution in [0, 0.1) is 13.8 Å². The number of thioether (sulfide) groups is 1. The fraction of sp³-hybridized carbons (Fsp3) is 0.333. The summed E-state index contributed by atoms with van der Waals surface area (Å²) in [7, 11) is 0. The smallest absolute Gasteiger partial charge is 0.408 e. The van der Waals surface area contributed by atoms with E-state index in [0.29, 0.717) is 4.90 Å². The topological polar surface area (TPSA) is 65.8 Å². The number of hydrogen-bond acceptors (Lipinski definition) is 5. The van der Waals surface area contributed by atoms with Crippen molar-refractivity contribution < 1.29 is 23.1 Å². The predicted molar refractivity (Wildman–Crippen MR) is 136 cm³/mol. The summed E-state index contributed by atoms with van der Waals surface area (Å²) in [5, 5.41) is 12.1. The van der Waals surface area contributed by atoms with Crippen molar-refractivity contribution in [1.29, 1.82) is 0 Å². The highest BCUT2D eigenvalue weighted by atomic mass is 32.2. The number of hydrogen-bond donors (Lipinski definition) is 1. The van der Waals surface area contributed by atoms with Gasteiger partial charge in [0, 0.05) is 35.4 Å². The van der Waals surface area contributed by atoms with Crippen LogP contribution < -0.4 is 10.4 Å². The van der Waals surface area contributed by atoms with Gasteiger partial charge < -0.3 is 10.0 Å². The number of carbonyl (C=O) groups excluding carboxylic acids is 1. The third kappa shape index (κ3) is 4.27. The summed E-state index contributed by atoms with van der Waals surface area (Å²) < 4.78 is 42.6. The second-order valence-corrected chi connectivity index (χ2v) is 10.5. The van der Waals surface area contributed by atoms with Gasteiger partial charge in [-0.2, -0.15) is 13.2 Å². The summed E-state index contributed by atoms with van der Waals surface area (Å²) in [6.07, 6.45) is -3.34. The van der Waals surface area contributed by atoms with Gasteiger partial charge in [0.2, 0.25) is 5.43 Å². The highest BCUT2D eigenvalue weighted by Crippen LogP contribution is 2.44. The lowest BCUT2D eigenvalue weighted by atomic mass is 9.85. The first kappa shape index (κ1) is 25.3. The molecule has 2 atom stereocenters. The van der Waals surface area contributed by atoms with Gasteiger partial charge in [-0.05, 0) is 48.6 Å². The van der Waals surface area contributed by atoms with Crippen molar-refractivity contribution in [2.45, 2.75) is 49.6 Å². The molecule has 5 rings (SSSR count). The quantitative estimate of drug-likeness (QED) is 0.522. The maximum atomic E-state index is 13.7. The van der Waals surface area contributed by atoms with E-state index in [9.17, 15) is 27.9 Å². The van der Waals surface area contributed by atoms with Crippen LogP contribution in [-0.4, -0.2) is 46.0 Å². The van der Waals surface area contributed by atoms with E-state index in [-0.39, 0.29) is 19.1 Å². The van der Waals surface area contributed by atoms with Crippen molar-refractivity contribution in [3.8, 4) is 5.75 Å². The molecule has 0 saturated heterocycles. The number of halogens is 3. The molecule has 1 N–H and O–H groups in total. The van der Waals surface area contributed by atoms with Gasteiger partial charge in [0.1, 0.15) is 12.7 Å². The van der Waals surface area contributed by atoms with Crippen LogP contribution in [-0.2, 0) is 5.75 Å². The zero-order valence-electron chi connectivity index (χ0n) is 20.5. The van der Waals surface area contributed by atoms with Gasteiger partial charge in [-0.15, -0.1) is 11.8 Å². The second-order valence-electron chi connectivity index (χ2n) is 9.53. The molecule has 6 nitrogen and oxygen atoms in total. The zero-order chi connectivity index (χ0) is 26.6. The van der Waals surface area contributed by atoms with Crippen LogP contribution in [0.4, 0.5) is 13.2 Å². The van der Waals surface area contributed by atoms with Gasteiger partial charge in [0.05, 0.1) is 0 Å².